The van der Waals surface area contributed by atoms with E-state index in [9.17, 15) is 4.79 Å². The Kier molecular flexibility index (Phi) is 6.11. The molecule has 3 aromatic rings. The summed E-state index contributed by atoms with van der Waals surface area (Å²) in [4.78, 5) is 21.1. The predicted octanol–water partition coefficient (Wildman–Crippen LogP) is 4.43. The van der Waals surface area contributed by atoms with E-state index >= 15 is 0 Å². The van der Waals surface area contributed by atoms with E-state index < -0.39 is 0 Å². The van der Waals surface area contributed by atoms with Gasteiger partial charge < -0.3 is 15.4 Å². The Morgan fingerprint density at radius 2 is 1.82 bits per heavy atom. The number of rotatable bonds is 6. The number of methoxy groups -OCH3 is 1. The fraction of sp³-hybridized carbons (Fsp3) is 0.190. The summed E-state index contributed by atoms with van der Waals surface area (Å²) in [6.07, 6.45) is 0. The van der Waals surface area contributed by atoms with Gasteiger partial charge in [0, 0.05) is 18.3 Å². The Bertz CT molecular complexity index is 990. The van der Waals surface area contributed by atoms with Gasteiger partial charge in [-0.25, -0.2) is 9.97 Å². The number of nitrogens with one attached hydrogen (secondary N) is 2. The first kappa shape index (κ1) is 19.6. The Labute approximate surface area is 168 Å². The molecule has 0 unspecified atom stereocenters. The predicted molar refractivity (Wildman–Crippen MR) is 110 cm³/mol. The molecular weight excluding hydrogens is 376 g/mol. The minimum atomic E-state index is -0.262. The number of ether oxygens (including phenoxy) is 1. The fourth-order valence-corrected chi connectivity index (χ4v) is 2.88. The monoisotopic (exact) mass is 396 g/mol. The number of hydrogen-bond acceptors (Lipinski definition) is 5. The van der Waals surface area contributed by atoms with Crippen LogP contribution in [0.5, 0.6) is 5.75 Å². The number of halogens is 1. The van der Waals surface area contributed by atoms with Crippen LogP contribution in [0.4, 0.5) is 11.5 Å². The molecule has 2 aromatic carbocycles. The summed E-state index contributed by atoms with van der Waals surface area (Å²) in [5.41, 5.74) is 3.23. The number of hydrogen-bond donors (Lipinski definition) is 2. The summed E-state index contributed by atoms with van der Waals surface area (Å²) in [6, 6.07) is 14.9. The van der Waals surface area contributed by atoms with Crippen molar-refractivity contribution >= 4 is 29.0 Å². The number of carbonyl (C=O) groups excluding carboxylic acids is 1. The van der Waals surface area contributed by atoms with Gasteiger partial charge in [0.25, 0.3) is 5.91 Å². The Balaban J connectivity index is 1.72. The zero-order valence-corrected chi connectivity index (χ0v) is 16.7. The van der Waals surface area contributed by atoms with Crippen LogP contribution in [0.15, 0.2) is 48.5 Å². The van der Waals surface area contributed by atoms with Gasteiger partial charge in [-0.2, -0.15) is 0 Å². The highest BCUT2D eigenvalue weighted by Gasteiger charge is 2.11. The molecule has 0 fully saturated rings. The number of benzene rings is 2. The molecule has 0 radical (unpaired) electrons. The van der Waals surface area contributed by atoms with Gasteiger partial charge in [-0.05, 0) is 37.6 Å². The molecule has 0 saturated heterocycles. The van der Waals surface area contributed by atoms with E-state index in [1.165, 1.54) is 5.56 Å². The normalized spacial score (nSPS) is 10.4. The molecule has 1 aromatic heterocycles. The molecule has 28 heavy (non-hydrogen) atoms. The Hall–Kier alpha value is -3.12. The van der Waals surface area contributed by atoms with Crippen LogP contribution >= 0.6 is 11.6 Å². The van der Waals surface area contributed by atoms with E-state index in [2.05, 4.69) is 20.6 Å². The Morgan fingerprint density at radius 1 is 1.07 bits per heavy atom. The van der Waals surface area contributed by atoms with Gasteiger partial charge in [0.1, 0.15) is 23.1 Å². The lowest BCUT2D eigenvalue weighted by Gasteiger charge is -2.11. The molecule has 1 heterocycles. The maximum absolute atomic E-state index is 12.5. The van der Waals surface area contributed by atoms with Crippen molar-refractivity contribution in [2.45, 2.75) is 20.4 Å². The van der Waals surface area contributed by atoms with E-state index in [1.807, 2.05) is 37.3 Å². The number of anilines is 2. The van der Waals surface area contributed by atoms with Crippen molar-refractivity contribution in [3.05, 3.63) is 76.2 Å². The zero-order chi connectivity index (χ0) is 20.1. The third-order valence-corrected chi connectivity index (χ3v) is 4.36. The summed E-state index contributed by atoms with van der Waals surface area (Å²) >= 11 is 6.16. The van der Waals surface area contributed by atoms with Gasteiger partial charge in [0.2, 0.25) is 0 Å². The van der Waals surface area contributed by atoms with Crippen molar-refractivity contribution in [1.29, 1.82) is 0 Å². The lowest BCUT2D eigenvalue weighted by atomic mass is 10.1. The highest BCUT2D eigenvalue weighted by Crippen LogP contribution is 2.28. The average molecular weight is 397 g/mol. The maximum Gasteiger partial charge on any atom is 0.270 e. The molecule has 0 bridgehead atoms. The van der Waals surface area contributed by atoms with Crippen molar-refractivity contribution in [2.75, 3.05) is 12.4 Å². The minimum absolute atomic E-state index is 0.262. The van der Waals surface area contributed by atoms with Crippen molar-refractivity contribution < 1.29 is 9.53 Å². The standard InChI is InChI=1S/C21H21ClN4O2/c1-13-4-6-15(7-5-13)12-23-21(27)18-11-20(25-14(2)24-18)26-16-8-9-19(28-3)17(22)10-16/h4-11H,12H2,1-3H3,(H,23,27)(H,24,25,26). The van der Waals surface area contributed by atoms with Crippen molar-refractivity contribution in [1.82, 2.24) is 15.3 Å². The first-order valence-corrected chi connectivity index (χ1v) is 9.12. The minimum Gasteiger partial charge on any atom is -0.495 e. The molecule has 0 saturated carbocycles. The average Bonchev–Trinajstić information content (AvgIpc) is 2.67. The first-order chi connectivity index (χ1) is 13.4. The summed E-state index contributed by atoms with van der Waals surface area (Å²) in [6.45, 7) is 4.19. The van der Waals surface area contributed by atoms with E-state index in [4.69, 9.17) is 16.3 Å². The second kappa shape index (κ2) is 8.71. The number of amides is 1. The summed E-state index contributed by atoms with van der Waals surface area (Å²) < 4.78 is 5.15. The van der Waals surface area contributed by atoms with E-state index in [1.54, 1.807) is 32.2 Å². The van der Waals surface area contributed by atoms with E-state index in [0.29, 0.717) is 34.7 Å². The lowest BCUT2D eigenvalue weighted by Crippen LogP contribution is -2.24. The largest absolute Gasteiger partial charge is 0.495 e. The molecule has 0 spiro atoms. The second-order valence-corrected chi connectivity index (χ2v) is 6.74. The molecule has 6 nitrogen and oxygen atoms in total. The third-order valence-electron chi connectivity index (χ3n) is 4.07. The van der Waals surface area contributed by atoms with Crippen molar-refractivity contribution in [3.8, 4) is 5.75 Å². The van der Waals surface area contributed by atoms with Crippen LogP contribution in [0, 0.1) is 13.8 Å². The van der Waals surface area contributed by atoms with Gasteiger partial charge in [-0.1, -0.05) is 41.4 Å². The molecule has 3 rings (SSSR count). The molecular formula is C21H21ClN4O2. The van der Waals surface area contributed by atoms with Crippen LogP contribution in [-0.2, 0) is 6.54 Å². The molecule has 0 atom stereocenters. The molecule has 0 aliphatic heterocycles. The van der Waals surface area contributed by atoms with E-state index in [-0.39, 0.29) is 5.91 Å². The first-order valence-electron chi connectivity index (χ1n) is 8.74. The lowest BCUT2D eigenvalue weighted by molar-refractivity contribution is 0.0945. The second-order valence-electron chi connectivity index (χ2n) is 6.33. The molecule has 144 valence electrons. The number of carbonyl (C=O) groups is 1. The van der Waals surface area contributed by atoms with Gasteiger partial charge in [0.05, 0.1) is 12.1 Å². The highest BCUT2D eigenvalue weighted by atomic mass is 35.5. The molecule has 0 aliphatic carbocycles. The number of aryl methyl sites for hydroxylation is 2. The summed E-state index contributed by atoms with van der Waals surface area (Å²) in [5.74, 6) is 1.32. The van der Waals surface area contributed by atoms with Crippen LogP contribution in [0.2, 0.25) is 5.02 Å². The molecule has 1 amide bonds. The van der Waals surface area contributed by atoms with Gasteiger partial charge in [-0.3, -0.25) is 4.79 Å². The summed E-state index contributed by atoms with van der Waals surface area (Å²) in [7, 11) is 1.56. The van der Waals surface area contributed by atoms with Crippen LogP contribution in [0.3, 0.4) is 0 Å². The quantitative estimate of drug-likeness (QED) is 0.644. The summed E-state index contributed by atoms with van der Waals surface area (Å²) in [5, 5.41) is 6.50. The maximum atomic E-state index is 12.5. The number of aromatic nitrogens is 2. The molecule has 7 heteroatoms. The van der Waals surface area contributed by atoms with Gasteiger partial charge in [0.15, 0.2) is 0 Å². The van der Waals surface area contributed by atoms with Gasteiger partial charge in [-0.15, -0.1) is 0 Å². The molecule has 0 aliphatic rings. The molecule has 2 N–H and O–H groups in total. The number of nitrogens with zero attached hydrogens (tertiary/aromatic N) is 2. The fourth-order valence-electron chi connectivity index (χ4n) is 2.62. The smallest absolute Gasteiger partial charge is 0.270 e. The van der Waals surface area contributed by atoms with Crippen molar-refractivity contribution in [3.63, 3.8) is 0 Å². The van der Waals surface area contributed by atoms with Crippen molar-refractivity contribution in [2.24, 2.45) is 0 Å². The topological polar surface area (TPSA) is 76.1 Å². The van der Waals surface area contributed by atoms with Gasteiger partial charge >= 0.3 is 0 Å². The highest BCUT2D eigenvalue weighted by molar-refractivity contribution is 6.32. The Morgan fingerprint density at radius 3 is 2.50 bits per heavy atom. The van der Waals surface area contributed by atoms with Crippen LogP contribution in [0.25, 0.3) is 0 Å². The van der Waals surface area contributed by atoms with Crippen LogP contribution < -0.4 is 15.4 Å². The van der Waals surface area contributed by atoms with Crippen LogP contribution in [0.1, 0.15) is 27.4 Å². The van der Waals surface area contributed by atoms with Crippen LogP contribution in [-0.4, -0.2) is 23.0 Å². The zero-order valence-electron chi connectivity index (χ0n) is 15.9. The van der Waals surface area contributed by atoms with E-state index in [0.717, 1.165) is 11.3 Å². The third kappa shape index (κ3) is 4.98. The SMILES string of the molecule is COc1ccc(Nc2cc(C(=O)NCc3ccc(C)cc3)nc(C)n2)cc1Cl.